The third-order valence-electron chi connectivity index (χ3n) is 7.79. The molecule has 4 heterocycles. The van der Waals surface area contributed by atoms with Crippen molar-refractivity contribution < 1.29 is 9.15 Å². The summed E-state index contributed by atoms with van der Waals surface area (Å²) in [6.07, 6.45) is 4.82. The van der Waals surface area contributed by atoms with Crippen LogP contribution < -0.4 is 10.7 Å². The number of nitrogens with zero attached hydrogens (tertiary/aromatic N) is 6. The average molecular weight is 538 g/mol. The van der Waals surface area contributed by atoms with Gasteiger partial charge in [0.25, 0.3) is 5.89 Å². The molecule has 0 bridgehead atoms. The van der Waals surface area contributed by atoms with Crippen LogP contribution in [0.4, 0.5) is 5.95 Å². The molecule has 1 N–H and O–H groups in total. The summed E-state index contributed by atoms with van der Waals surface area (Å²) in [5.41, 5.74) is 2.88. The zero-order valence-corrected chi connectivity index (χ0v) is 22.6. The van der Waals surface area contributed by atoms with Gasteiger partial charge in [-0.2, -0.15) is 4.98 Å². The first-order chi connectivity index (χ1) is 18.4. The van der Waals surface area contributed by atoms with Gasteiger partial charge in [0.05, 0.1) is 25.3 Å². The summed E-state index contributed by atoms with van der Waals surface area (Å²) in [7, 11) is 0. The molecule has 0 unspecified atom stereocenters. The number of fused-ring (bicyclic) bond motifs is 1. The quantitative estimate of drug-likeness (QED) is 0.381. The van der Waals surface area contributed by atoms with Crippen LogP contribution in [0.25, 0.3) is 34.1 Å². The molecule has 6 rings (SSSR count). The summed E-state index contributed by atoms with van der Waals surface area (Å²) in [6.45, 7) is 8.74. The molecule has 1 aromatic carbocycles. The lowest BCUT2D eigenvalue weighted by Gasteiger charge is -2.40. The second-order valence-corrected chi connectivity index (χ2v) is 11.2. The number of anilines is 1. The van der Waals surface area contributed by atoms with Crippen molar-refractivity contribution in [2.75, 3.05) is 18.1 Å². The topological polar surface area (TPSA) is 115 Å². The average Bonchev–Trinajstić information content (AvgIpc) is 3.48. The monoisotopic (exact) mass is 537 g/mol. The van der Waals surface area contributed by atoms with Gasteiger partial charge in [0.1, 0.15) is 11.2 Å². The number of halogens is 1. The first kappa shape index (κ1) is 25.1. The Morgan fingerprint density at radius 1 is 1.05 bits per heavy atom. The van der Waals surface area contributed by atoms with E-state index in [1.54, 1.807) is 0 Å². The van der Waals surface area contributed by atoms with Gasteiger partial charge in [-0.05, 0) is 50.7 Å². The van der Waals surface area contributed by atoms with Crippen molar-refractivity contribution in [1.82, 2.24) is 29.7 Å². The molecule has 4 aromatic rings. The number of hydrogen-bond donors (Lipinski definition) is 1. The third kappa shape index (κ3) is 4.71. The lowest BCUT2D eigenvalue weighted by Crippen LogP contribution is -2.51. The normalized spacial score (nSPS) is 24.3. The van der Waals surface area contributed by atoms with Crippen molar-refractivity contribution in [3.63, 3.8) is 0 Å². The molecule has 1 saturated heterocycles. The predicted octanol–water partition coefficient (Wildman–Crippen LogP) is 4.93. The molecule has 200 valence electrons. The van der Waals surface area contributed by atoms with E-state index in [9.17, 15) is 4.79 Å². The van der Waals surface area contributed by atoms with Crippen LogP contribution in [0.1, 0.15) is 46.5 Å². The second kappa shape index (κ2) is 10.1. The molecule has 0 spiro atoms. The summed E-state index contributed by atoms with van der Waals surface area (Å²) in [6, 6.07) is 7.88. The van der Waals surface area contributed by atoms with Gasteiger partial charge in [-0.25, -0.2) is 19.9 Å². The first-order valence-corrected chi connectivity index (χ1v) is 13.7. The van der Waals surface area contributed by atoms with Crippen LogP contribution in [0, 0.1) is 11.8 Å². The highest BCUT2D eigenvalue weighted by Crippen LogP contribution is 2.37. The SMILES string of the molecule is CC1CCC(Cn2c(N3[C@H](C)COC[C@H]3C)nc3nc(-c4n[nH]c(=O)o4)nc(-c4cccc(Cl)c4)c32)CC1. The standard InChI is InChI=1S/C27H32ClN7O3/c1-15-7-9-18(10-8-15)12-34-22-21(19-5-4-6-20(28)11-19)29-24(25-32-33-27(36)38-25)30-23(22)31-26(34)35-16(2)13-37-14-17(35)3/h4-6,11,15-18H,7-10,12-14H2,1-3H3,(H,33,36)/t15?,16-,17-,18?/m1/s1. The molecule has 2 aliphatic rings. The van der Waals surface area contributed by atoms with Gasteiger partial charge in [-0.1, -0.05) is 43.5 Å². The second-order valence-electron chi connectivity index (χ2n) is 10.8. The number of rotatable bonds is 5. The Balaban J connectivity index is 1.59. The molecule has 10 nitrogen and oxygen atoms in total. The van der Waals surface area contributed by atoms with Gasteiger partial charge in [-0.3, -0.25) is 0 Å². The number of nitrogens with one attached hydrogen (secondary N) is 1. The molecule has 0 radical (unpaired) electrons. The Kier molecular flexibility index (Phi) is 6.69. The maximum absolute atomic E-state index is 11.7. The lowest BCUT2D eigenvalue weighted by molar-refractivity contribution is 0.0741. The first-order valence-electron chi connectivity index (χ1n) is 13.3. The van der Waals surface area contributed by atoms with E-state index in [4.69, 9.17) is 35.7 Å². The van der Waals surface area contributed by atoms with Gasteiger partial charge in [0, 0.05) is 17.1 Å². The fourth-order valence-corrected chi connectivity index (χ4v) is 6.01. The fraction of sp³-hybridized carbons (Fsp3) is 0.519. The Morgan fingerprint density at radius 3 is 2.50 bits per heavy atom. The Morgan fingerprint density at radius 2 is 1.82 bits per heavy atom. The van der Waals surface area contributed by atoms with Crippen molar-refractivity contribution in [3.8, 4) is 23.0 Å². The van der Waals surface area contributed by atoms with E-state index in [1.165, 1.54) is 25.7 Å². The molecule has 2 fully saturated rings. The maximum atomic E-state index is 11.7. The van der Waals surface area contributed by atoms with E-state index in [2.05, 4.69) is 40.4 Å². The van der Waals surface area contributed by atoms with Gasteiger partial charge in [0.2, 0.25) is 11.8 Å². The van der Waals surface area contributed by atoms with Gasteiger partial charge in [0.15, 0.2) is 5.65 Å². The molecule has 0 amide bonds. The van der Waals surface area contributed by atoms with Crippen LogP contribution in [-0.4, -0.2) is 55.0 Å². The third-order valence-corrected chi connectivity index (χ3v) is 8.02. The van der Waals surface area contributed by atoms with Crippen molar-refractivity contribution in [1.29, 1.82) is 0 Å². The molecule has 38 heavy (non-hydrogen) atoms. The lowest BCUT2D eigenvalue weighted by atomic mass is 9.83. The summed E-state index contributed by atoms with van der Waals surface area (Å²) in [4.78, 5) is 28.8. The van der Waals surface area contributed by atoms with E-state index in [0.717, 1.165) is 29.5 Å². The van der Waals surface area contributed by atoms with Crippen LogP contribution in [-0.2, 0) is 11.3 Å². The summed E-state index contributed by atoms with van der Waals surface area (Å²) in [5.74, 6) is 1.70. The minimum absolute atomic E-state index is 0.0191. The number of morpholine rings is 1. The molecule has 11 heteroatoms. The van der Waals surface area contributed by atoms with Crippen molar-refractivity contribution in [2.24, 2.45) is 11.8 Å². The summed E-state index contributed by atoms with van der Waals surface area (Å²) < 4.78 is 13.3. The Labute approximate surface area is 225 Å². The number of benzene rings is 1. The van der Waals surface area contributed by atoms with E-state index < -0.39 is 5.76 Å². The fourth-order valence-electron chi connectivity index (χ4n) is 5.82. The molecular weight excluding hydrogens is 506 g/mol. The molecule has 1 saturated carbocycles. The van der Waals surface area contributed by atoms with Crippen molar-refractivity contribution in [2.45, 2.75) is 65.1 Å². The minimum atomic E-state index is -0.665. The molecule has 1 aliphatic heterocycles. The van der Waals surface area contributed by atoms with Crippen LogP contribution in [0.15, 0.2) is 33.5 Å². The zero-order chi connectivity index (χ0) is 26.4. The highest BCUT2D eigenvalue weighted by Gasteiger charge is 2.33. The molecular formula is C27H32ClN7O3. The summed E-state index contributed by atoms with van der Waals surface area (Å²) in [5, 5.41) is 6.87. The highest BCUT2D eigenvalue weighted by molar-refractivity contribution is 6.30. The Bertz CT molecular complexity index is 1490. The van der Waals surface area contributed by atoms with E-state index in [0.29, 0.717) is 35.5 Å². The van der Waals surface area contributed by atoms with E-state index in [1.807, 2.05) is 24.3 Å². The number of hydrogen-bond acceptors (Lipinski definition) is 8. The van der Waals surface area contributed by atoms with Crippen LogP contribution in [0.2, 0.25) is 5.02 Å². The zero-order valence-electron chi connectivity index (χ0n) is 21.9. The van der Waals surface area contributed by atoms with Crippen LogP contribution in [0.5, 0.6) is 0 Å². The van der Waals surface area contributed by atoms with E-state index in [-0.39, 0.29) is 23.8 Å². The molecule has 1 aliphatic carbocycles. The largest absolute Gasteiger partial charge is 0.434 e. The Hall–Kier alpha value is -3.24. The maximum Gasteiger partial charge on any atom is 0.434 e. The molecule has 3 aromatic heterocycles. The highest BCUT2D eigenvalue weighted by atomic mass is 35.5. The van der Waals surface area contributed by atoms with Crippen molar-refractivity contribution in [3.05, 3.63) is 39.8 Å². The van der Waals surface area contributed by atoms with Crippen molar-refractivity contribution >= 4 is 28.7 Å². The summed E-state index contributed by atoms with van der Waals surface area (Å²) >= 11 is 6.42. The van der Waals surface area contributed by atoms with Gasteiger partial charge < -0.3 is 18.6 Å². The van der Waals surface area contributed by atoms with Gasteiger partial charge in [-0.15, -0.1) is 5.10 Å². The number of ether oxygens (including phenoxy) is 1. The van der Waals surface area contributed by atoms with Gasteiger partial charge >= 0.3 is 5.76 Å². The minimum Gasteiger partial charge on any atom is -0.384 e. The number of aromatic nitrogens is 6. The number of imidazole rings is 1. The molecule has 2 atom stereocenters. The predicted molar refractivity (Wildman–Crippen MR) is 145 cm³/mol. The smallest absolute Gasteiger partial charge is 0.384 e. The van der Waals surface area contributed by atoms with Crippen LogP contribution >= 0.6 is 11.6 Å². The number of H-pyrrole nitrogens is 1. The van der Waals surface area contributed by atoms with Crippen LogP contribution in [0.3, 0.4) is 0 Å². The number of aromatic amines is 1. The van der Waals surface area contributed by atoms with E-state index >= 15 is 0 Å².